The predicted octanol–water partition coefficient (Wildman–Crippen LogP) is 3.19. The molecule has 0 fully saturated rings. The summed E-state index contributed by atoms with van der Waals surface area (Å²) in [5.41, 5.74) is 8.69. The summed E-state index contributed by atoms with van der Waals surface area (Å²) < 4.78 is 1.40. The number of rotatable bonds is 3. The van der Waals surface area contributed by atoms with Crippen molar-refractivity contribution >= 4 is 17.3 Å². The third-order valence-corrected chi connectivity index (χ3v) is 3.70. The molecule has 0 aliphatic heterocycles. The van der Waals surface area contributed by atoms with Crippen LogP contribution in [0.4, 0.5) is 5.69 Å². The molecule has 3 rings (SSSR count). The highest BCUT2D eigenvalue weighted by Crippen LogP contribution is 2.19. The van der Waals surface area contributed by atoms with Gasteiger partial charge in [-0.25, -0.2) is 4.68 Å². The van der Waals surface area contributed by atoms with Crippen molar-refractivity contribution in [3.8, 4) is 11.3 Å². The Hall–Kier alpha value is -2.59. The summed E-state index contributed by atoms with van der Waals surface area (Å²) in [7, 11) is 0. The van der Waals surface area contributed by atoms with Crippen LogP contribution in [0.1, 0.15) is 5.56 Å². The van der Waals surface area contributed by atoms with E-state index in [0.29, 0.717) is 22.9 Å². The molecule has 0 spiro atoms. The number of nitrogens with zero attached hydrogens (tertiary/aromatic N) is 2. The van der Waals surface area contributed by atoms with Crippen LogP contribution in [0.15, 0.2) is 65.5 Å². The number of aromatic nitrogens is 2. The summed E-state index contributed by atoms with van der Waals surface area (Å²) in [5.74, 6) is 0. The number of nitrogens with two attached hydrogens (primary N) is 1. The number of benzene rings is 2. The summed E-state index contributed by atoms with van der Waals surface area (Å²) in [5, 5.41) is 5.03. The van der Waals surface area contributed by atoms with Crippen LogP contribution in [0.2, 0.25) is 5.02 Å². The standard InChI is InChI=1S/C17H14ClN3O/c18-15-7-2-1-4-13(15)11-21-17(22)9-8-16(20-21)12-5-3-6-14(19)10-12/h1-10H,11,19H2. The van der Waals surface area contributed by atoms with Gasteiger partial charge in [0.25, 0.3) is 5.56 Å². The van der Waals surface area contributed by atoms with Crippen LogP contribution in [-0.2, 0) is 6.54 Å². The van der Waals surface area contributed by atoms with E-state index >= 15 is 0 Å². The minimum absolute atomic E-state index is 0.174. The summed E-state index contributed by atoms with van der Waals surface area (Å²) in [6, 6.07) is 18.0. The van der Waals surface area contributed by atoms with Crippen LogP contribution in [-0.4, -0.2) is 9.78 Å². The summed E-state index contributed by atoms with van der Waals surface area (Å²) >= 11 is 6.14. The third kappa shape index (κ3) is 3.02. The first-order valence-corrected chi connectivity index (χ1v) is 7.19. The number of hydrogen-bond donors (Lipinski definition) is 1. The molecule has 4 nitrogen and oxygen atoms in total. The Balaban J connectivity index is 2.01. The van der Waals surface area contributed by atoms with E-state index in [4.69, 9.17) is 17.3 Å². The molecule has 0 saturated heterocycles. The van der Waals surface area contributed by atoms with Gasteiger partial charge < -0.3 is 5.73 Å². The normalized spacial score (nSPS) is 10.6. The summed E-state index contributed by atoms with van der Waals surface area (Å²) in [4.78, 5) is 12.0. The van der Waals surface area contributed by atoms with Gasteiger partial charge in [0, 0.05) is 22.3 Å². The largest absolute Gasteiger partial charge is 0.399 e. The summed E-state index contributed by atoms with van der Waals surface area (Å²) in [6.07, 6.45) is 0. The summed E-state index contributed by atoms with van der Waals surface area (Å²) in [6.45, 7) is 0.328. The molecule has 110 valence electrons. The van der Waals surface area contributed by atoms with Crippen molar-refractivity contribution in [1.29, 1.82) is 0 Å². The van der Waals surface area contributed by atoms with Crippen LogP contribution < -0.4 is 11.3 Å². The number of anilines is 1. The van der Waals surface area contributed by atoms with Crippen LogP contribution >= 0.6 is 11.6 Å². The first-order valence-electron chi connectivity index (χ1n) is 6.81. The predicted molar refractivity (Wildman–Crippen MR) is 88.9 cm³/mol. The van der Waals surface area contributed by atoms with Crippen molar-refractivity contribution < 1.29 is 0 Å². The second-order valence-electron chi connectivity index (χ2n) is 4.93. The fourth-order valence-corrected chi connectivity index (χ4v) is 2.40. The lowest BCUT2D eigenvalue weighted by atomic mass is 10.1. The Kier molecular flexibility index (Phi) is 3.94. The molecule has 0 atom stereocenters. The Morgan fingerprint density at radius 3 is 2.64 bits per heavy atom. The highest BCUT2D eigenvalue weighted by atomic mass is 35.5. The van der Waals surface area contributed by atoms with E-state index in [1.807, 2.05) is 42.5 Å². The lowest BCUT2D eigenvalue weighted by molar-refractivity contribution is 0.643. The second-order valence-corrected chi connectivity index (χ2v) is 5.34. The third-order valence-electron chi connectivity index (χ3n) is 3.33. The molecule has 3 aromatic rings. The van der Waals surface area contributed by atoms with Gasteiger partial charge in [0.15, 0.2) is 0 Å². The van der Waals surface area contributed by atoms with Gasteiger partial charge in [0.2, 0.25) is 0 Å². The van der Waals surface area contributed by atoms with E-state index in [-0.39, 0.29) is 5.56 Å². The number of hydrogen-bond acceptors (Lipinski definition) is 3. The van der Waals surface area contributed by atoms with E-state index in [2.05, 4.69) is 5.10 Å². The van der Waals surface area contributed by atoms with Crippen molar-refractivity contribution in [1.82, 2.24) is 9.78 Å². The fraction of sp³-hybridized carbons (Fsp3) is 0.0588. The maximum Gasteiger partial charge on any atom is 0.267 e. The second kappa shape index (κ2) is 6.03. The van der Waals surface area contributed by atoms with Gasteiger partial charge in [0.05, 0.1) is 12.2 Å². The highest BCUT2D eigenvalue weighted by molar-refractivity contribution is 6.31. The van der Waals surface area contributed by atoms with Gasteiger partial charge in [0.1, 0.15) is 0 Å². The number of nitrogen functional groups attached to an aromatic ring is 1. The lowest BCUT2D eigenvalue weighted by Crippen LogP contribution is -2.23. The van der Waals surface area contributed by atoms with Crippen molar-refractivity contribution in [2.45, 2.75) is 6.54 Å². The minimum Gasteiger partial charge on any atom is -0.399 e. The average Bonchev–Trinajstić information content (AvgIpc) is 2.51. The maximum atomic E-state index is 12.0. The molecule has 1 aromatic heterocycles. The monoisotopic (exact) mass is 311 g/mol. The van der Waals surface area contributed by atoms with Gasteiger partial charge in [-0.15, -0.1) is 0 Å². The molecule has 0 aliphatic carbocycles. The molecular weight excluding hydrogens is 298 g/mol. The van der Waals surface area contributed by atoms with Crippen LogP contribution in [0.25, 0.3) is 11.3 Å². The molecule has 22 heavy (non-hydrogen) atoms. The van der Waals surface area contributed by atoms with E-state index in [1.165, 1.54) is 10.7 Å². The van der Waals surface area contributed by atoms with E-state index in [0.717, 1.165) is 11.1 Å². The average molecular weight is 312 g/mol. The van der Waals surface area contributed by atoms with Crippen molar-refractivity contribution in [2.24, 2.45) is 0 Å². The molecule has 0 aliphatic rings. The maximum absolute atomic E-state index is 12.0. The minimum atomic E-state index is -0.174. The Bertz CT molecular complexity index is 874. The van der Waals surface area contributed by atoms with Gasteiger partial charge >= 0.3 is 0 Å². The molecule has 0 amide bonds. The molecule has 0 saturated carbocycles. The molecule has 5 heteroatoms. The molecule has 0 bridgehead atoms. The first-order chi connectivity index (χ1) is 10.6. The van der Waals surface area contributed by atoms with Gasteiger partial charge in [-0.1, -0.05) is 41.9 Å². The Morgan fingerprint density at radius 2 is 1.86 bits per heavy atom. The SMILES string of the molecule is Nc1cccc(-c2ccc(=O)n(Cc3ccccc3Cl)n2)c1. The molecule has 0 radical (unpaired) electrons. The Morgan fingerprint density at radius 1 is 1.05 bits per heavy atom. The zero-order valence-corrected chi connectivity index (χ0v) is 12.5. The molecule has 0 unspecified atom stereocenters. The topological polar surface area (TPSA) is 60.9 Å². The van der Waals surface area contributed by atoms with Crippen molar-refractivity contribution in [3.05, 3.63) is 81.6 Å². The zero-order valence-electron chi connectivity index (χ0n) is 11.7. The highest BCUT2D eigenvalue weighted by Gasteiger charge is 2.06. The van der Waals surface area contributed by atoms with Crippen molar-refractivity contribution in [3.63, 3.8) is 0 Å². The molecule has 2 aromatic carbocycles. The van der Waals surface area contributed by atoms with Crippen LogP contribution in [0.5, 0.6) is 0 Å². The zero-order chi connectivity index (χ0) is 15.5. The number of halogens is 1. The van der Waals surface area contributed by atoms with E-state index in [9.17, 15) is 4.79 Å². The van der Waals surface area contributed by atoms with E-state index in [1.54, 1.807) is 12.1 Å². The van der Waals surface area contributed by atoms with Crippen molar-refractivity contribution in [2.75, 3.05) is 5.73 Å². The van der Waals surface area contributed by atoms with Gasteiger partial charge in [-0.05, 0) is 29.8 Å². The lowest BCUT2D eigenvalue weighted by Gasteiger charge is -2.09. The quantitative estimate of drug-likeness (QED) is 0.756. The molecule has 1 heterocycles. The van der Waals surface area contributed by atoms with Crippen LogP contribution in [0.3, 0.4) is 0 Å². The molecule has 2 N–H and O–H groups in total. The van der Waals surface area contributed by atoms with E-state index < -0.39 is 0 Å². The smallest absolute Gasteiger partial charge is 0.267 e. The first kappa shape index (κ1) is 14.4. The fourth-order valence-electron chi connectivity index (χ4n) is 2.20. The van der Waals surface area contributed by atoms with Crippen LogP contribution in [0, 0.1) is 0 Å². The van der Waals surface area contributed by atoms with Gasteiger partial charge in [-0.3, -0.25) is 4.79 Å². The molecular formula is C17H14ClN3O. The van der Waals surface area contributed by atoms with Gasteiger partial charge in [-0.2, -0.15) is 5.10 Å². The Labute approximate surface area is 132 Å².